The Morgan fingerprint density at radius 1 is 1.17 bits per heavy atom. The molecule has 2 heterocycles. The zero-order valence-corrected chi connectivity index (χ0v) is 16.0. The fourth-order valence-electron chi connectivity index (χ4n) is 3.83. The number of nitrogens with zero attached hydrogens (tertiary/aromatic N) is 1. The summed E-state index contributed by atoms with van der Waals surface area (Å²) >= 11 is 0. The summed E-state index contributed by atoms with van der Waals surface area (Å²) in [7, 11) is 1.51. The first-order chi connectivity index (χ1) is 14.2. The number of aromatic nitrogens is 1. The maximum absolute atomic E-state index is 14.2. The number of fused-ring (bicyclic) bond motifs is 2. The van der Waals surface area contributed by atoms with E-state index in [-0.39, 0.29) is 23.1 Å². The zero-order chi connectivity index (χ0) is 21.7. The highest BCUT2D eigenvalue weighted by Crippen LogP contribution is 2.32. The molecule has 0 saturated carbocycles. The lowest BCUT2D eigenvalue weighted by atomic mass is 10.00. The Kier molecular flexibility index (Phi) is 4.76. The Bertz CT molecular complexity index is 1240. The number of carbonyl (C=O) groups is 1. The quantitative estimate of drug-likeness (QED) is 0.637. The van der Waals surface area contributed by atoms with Gasteiger partial charge in [-0.3, -0.25) is 9.59 Å². The third-order valence-electron chi connectivity index (χ3n) is 5.57. The Balaban J connectivity index is 1.65. The van der Waals surface area contributed by atoms with E-state index in [4.69, 9.17) is 0 Å². The van der Waals surface area contributed by atoms with Crippen molar-refractivity contribution >= 4 is 22.4 Å². The monoisotopic (exact) mass is 419 g/mol. The number of hydrogen-bond donors (Lipinski definition) is 2. The molecule has 156 valence electrons. The summed E-state index contributed by atoms with van der Waals surface area (Å²) in [6, 6.07) is 2.65. The molecule has 0 saturated heterocycles. The summed E-state index contributed by atoms with van der Waals surface area (Å²) in [6.07, 6.45) is 1.39. The van der Waals surface area contributed by atoms with Gasteiger partial charge in [0.05, 0.1) is 11.4 Å². The van der Waals surface area contributed by atoms with Crippen molar-refractivity contribution in [3.8, 4) is 0 Å². The molecule has 1 aliphatic rings. The SMILES string of the molecule is CC(c1c[nH]c(=O)c2c(F)c(F)ccc12)N(C)C(=O)C1Cc2c(F)cc(F)cc2N1. The van der Waals surface area contributed by atoms with Gasteiger partial charge in [-0.05, 0) is 30.0 Å². The molecule has 2 atom stereocenters. The molecule has 2 aromatic carbocycles. The van der Waals surface area contributed by atoms with Crippen LogP contribution in [0.1, 0.15) is 24.1 Å². The second-order valence-corrected chi connectivity index (χ2v) is 7.30. The summed E-state index contributed by atoms with van der Waals surface area (Å²) in [5, 5.41) is 2.58. The van der Waals surface area contributed by atoms with Crippen LogP contribution < -0.4 is 10.9 Å². The van der Waals surface area contributed by atoms with E-state index >= 15 is 0 Å². The first-order valence-electron chi connectivity index (χ1n) is 9.19. The minimum absolute atomic E-state index is 0.0452. The predicted octanol–water partition coefficient (Wildman–Crippen LogP) is 3.64. The molecule has 1 aromatic heterocycles. The number of rotatable bonds is 3. The molecule has 0 fully saturated rings. The number of carbonyl (C=O) groups excluding carboxylic acids is 1. The van der Waals surface area contributed by atoms with Crippen molar-refractivity contribution in [2.24, 2.45) is 0 Å². The van der Waals surface area contributed by atoms with E-state index in [1.54, 1.807) is 6.92 Å². The third kappa shape index (κ3) is 3.10. The van der Waals surface area contributed by atoms with Crippen LogP contribution in [0.25, 0.3) is 10.8 Å². The van der Waals surface area contributed by atoms with Gasteiger partial charge in [0, 0.05) is 37.0 Å². The van der Waals surface area contributed by atoms with Gasteiger partial charge in [0.2, 0.25) is 5.91 Å². The molecule has 0 aliphatic carbocycles. The number of amides is 1. The van der Waals surface area contributed by atoms with E-state index in [1.165, 1.54) is 24.2 Å². The number of H-pyrrole nitrogens is 1. The van der Waals surface area contributed by atoms with Crippen molar-refractivity contribution in [2.45, 2.75) is 25.4 Å². The predicted molar refractivity (Wildman–Crippen MR) is 103 cm³/mol. The number of pyridine rings is 1. The van der Waals surface area contributed by atoms with Crippen molar-refractivity contribution in [1.82, 2.24) is 9.88 Å². The molecule has 2 unspecified atom stereocenters. The normalized spacial score (nSPS) is 16.3. The lowest BCUT2D eigenvalue weighted by Gasteiger charge is -2.28. The van der Waals surface area contributed by atoms with Gasteiger partial charge in [0.1, 0.15) is 17.7 Å². The van der Waals surface area contributed by atoms with E-state index in [2.05, 4.69) is 10.3 Å². The van der Waals surface area contributed by atoms with Crippen LogP contribution in [0.15, 0.2) is 35.3 Å². The second kappa shape index (κ2) is 7.16. The lowest BCUT2D eigenvalue weighted by molar-refractivity contribution is -0.132. The topological polar surface area (TPSA) is 65.2 Å². The van der Waals surface area contributed by atoms with Gasteiger partial charge >= 0.3 is 0 Å². The Labute approximate surface area is 168 Å². The first kappa shape index (κ1) is 19.9. The fraction of sp³-hybridized carbons (Fsp3) is 0.238. The third-order valence-corrected chi connectivity index (χ3v) is 5.57. The van der Waals surface area contributed by atoms with E-state index in [0.29, 0.717) is 5.56 Å². The van der Waals surface area contributed by atoms with Crippen molar-refractivity contribution in [2.75, 3.05) is 12.4 Å². The van der Waals surface area contributed by atoms with Crippen LogP contribution in [0.5, 0.6) is 0 Å². The first-order valence-corrected chi connectivity index (χ1v) is 9.19. The molecule has 0 radical (unpaired) electrons. The van der Waals surface area contributed by atoms with Crippen LogP contribution in [0, 0.1) is 23.3 Å². The maximum atomic E-state index is 14.2. The van der Waals surface area contributed by atoms with Crippen LogP contribution in [0.2, 0.25) is 0 Å². The number of benzene rings is 2. The van der Waals surface area contributed by atoms with Gasteiger partial charge in [-0.1, -0.05) is 6.07 Å². The summed E-state index contributed by atoms with van der Waals surface area (Å²) in [6.45, 7) is 1.66. The van der Waals surface area contributed by atoms with Gasteiger partial charge in [-0.2, -0.15) is 0 Å². The van der Waals surface area contributed by atoms with Crippen molar-refractivity contribution < 1.29 is 22.4 Å². The number of anilines is 1. The largest absolute Gasteiger partial charge is 0.373 e. The average molecular weight is 419 g/mol. The van der Waals surface area contributed by atoms with Gasteiger partial charge in [0.25, 0.3) is 5.56 Å². The minimum atomic E-state index is -1.26. The highest BCUT2D eigenvalue weighted by atomic mass is 19.2. The second-order valence-electron chi connectivity index (χ2n) is 7.30. The van der Waals surface area contributed by atoms with Gasteiger partial charge in [-0.25, -0.2) is 17.6 Å². The molecule has 0 spiro atoms. The highest BCUT2D eigenvalue weighted by molar-refractivity contribution is 5.89. The number of halogens is 4. The molecule has 1 amide bonds. The zero-order valence-electron chi connectivity index (χ0n) is 16.0. The number of nitrogens with one attached hydrogen (secondary N) is 2. The number of likely N-dealkylation sites (N-methyl/N-ethyl adjacent to an activating group) is 1. The fourth-order valence-corrected chi connectivity index (χ4v) is 3.83. The minimum Gasteiger partial charge on any atom is -0.373 e. The van der Waals surface area contributed by atoms with Crippen LogP contribution >= 0.6 is 0 Å². The van der Waals surface area contributed by atoms with Crippen molar-refractivity contribution in [3.63, 3.8) is 0 Å². The number of aromatic amines is 1. The maximum Gasteiger partial charge on any atom is 0.258 e. The van der Waals surface area contributed by atoms with E-state index in [9.17, 15) is 27.2 Å². The lowest BCUT2D eigenvalue weighted by Crippen LogP contribution is -2.41. The molecule has 2 N–H and O–H groups in total. The van der Waals surface area contributed by atoms with Crippen molar-refractivity contribution in [3.05, 3.63) is 75.2 Å². The molecule has 9 heteroatoms. The molecule has 1 aliphatic heterocycles. The molecule has 0 bridgehead atoms. The molecule has 3 aromatic rings. The van der Waals surface area contributed by atoms with Crippen LogP contribution in [-0.4, -0.2) is 28.9 Å². The van der Waals surface area contributed by atoms with Crippen molar-refractivity contribution in [1.29, 1.82) is 0 Å². The van der Waals surface area contributed by atoms with Crippen LogP contribution in [0.4, 0.5) is 23.2 Å². The highest BCUT2D eigenvalue weighted by Gasteiger charge is 2.33. The van der Waals surface area contributed by atoms with E-state index < -0.39 is 52.2 Å². The summed E-state index contributed by atoms with van der Waals surface area (Å²) in [5.41, 5.74) is 0.0752. The standard InChI is InChI=1S/C21H17F4N3O2/c1-9(13-8-26-20(29)18-11(13)3-4-14(23)19(18)25)28(2)21(30)17-7-12-15(24)5-10(22)6-16(12)27-17/h3-6,8-9,17,27H,7H2,1-2H3,(H,26,29). The van der Waals surface area contributed by atoms with Crippen LogP contribution in [-0.2, 0) is 11.2 Å². The smallest absolute Gasteiger partial charge is 0.258 e. The average Bonchev–Trinajstić information content (AvgIpc) is 3.13. The van der Waals surface area contributed by atoms with E-state index in [1.807, 2.05) is 0 Å². The Morgan fingerprint density at radius 2 is 1.90 bits per heavy atom. The van der Waals surface area contributed by atoms with Gasteiger partial charge < -0.3 is 15.2 Å². The van der Waals surface area contributed by atoms with E-state index in [0.717, 1.165) is 18.2 Å². The van der Waals surface area contributed by atoms with Gasteiger partial charge in [-0.15, -0.1) is 0 Å². The molecular formula is C21H17F4N3O2. The Morgan fingerprint density at radius 3 is 2.63 bits per heavy atom. The Hall–Kier alpha value is -3.36. The number of hydrogen-bond acceptors (Lipinski definition) is 3. The summed E-state index contributed by atoms with van der Waals surface area (Å²) < 4.78 is 55.2. The summed E-state index contributed by atoms with van der Waals surface area (Å²) in [5.74, 6) is -4.29. The van der Waals surface area contributed by atoms with Gasteiger partial charge in [0.15, 0.2) is 11.6 Å². The molecule has 5 nitrogen and oxygen atoms in total. The molecular weight excluding hydrogens is 402 g/mol. The summed E-state index contributed by atoms with van der Waals surface area (Å²) in [4.78, 5) is 28.7. The van der Waals surface area contributed by atoms with Crippen LogP contribution in [0.3, 0.4) is 0 Å². The molecule has 4 rings (SSSR count). The molecule has 30 heavy (non-hydrogen) atoms.